The first-order valence-corrected chi connectivity index (χ1v) is 16.1. The fourth-order valence-electron chi connectivity index (χ4n) is 6.43. The molecule has 7 rings (SSSR count). The maximum atomic E-state index is 12.8. The minimum atomic E-state index is -0.389. The van der Waals surface area contributed by atoms with Crippen LogP contribution in [0.1, 0.15) is 64.2 Å². The first-order chi connectivity index (χ1) is 23.1. The highest BCUT2D eigenvalue weighted by molar-refractivity contribution is 6.01. The van der Waals surface area contributed by atoms with Crippen LogP contribution < -0.4 is 20.9 Å². The fourth-order valence-corrected chi connectivity index (χ4v) is 6.43. The standard InChI is InChI=1S/C34H39N11O3/c1-19-30-24(15-36-45(30)22-17-44(18-22)16-21-8-6-11-26(37-21)34(48)42(3)4)23-9-7-10-25(31(23)43(19)5)38-27-14-28(39-32(46)20-12-13-20)40-41-29(27)33(47)35-2/h6-11,14-15,19-20,22H,12-13,16-18H2,1-5H3,(H,35,47)(H2,38,39,40,46). The predicted octanol–water partition coefficient (Wildman–Crippen LogP) is 3.46. The number of pyridine rings is 1. The average molecular weight is 650 g/mol. The fraction of sp³-hybridized carbons (Fsp3) is 0.382. The van der Waals surface area contributed by atoms with Crippen molar-refractivity contribution in [3.63, 3.8) is 0 Å². The SMILES string of the molecule is CNC(=O)c1nnc(NC(=O)C2CC2)cc1Nc1cccc2c1N(C)C(C)c1c-2cnn1C1CN(Cc2cccc(C(=O)N(C)C)n2)C1. The lowest BCUT2D eigenvalue weighted by molar-refractivity contribution is -0.117. The Kier molecular flexibility index (Phi) is 8.03. The molecule has 2 fully saturated rings. The van der Waals surface area contributed by atoms with Crippen LogP contribution in [0.15, 0.2) is 48.7 Å². The summed E-state index contributed by atoms with van der Waals surface area (Å²) in [6.07, 6.45) is 3.67. The summed E-state index contributed by atoms with van der Waals surface area (Å²) < 4.78 is 2.15. The topological polar surface area (TPSA) is 154 Å². The molecule has 2 aliphatic heterocycles. The monoisotopic (exact) mass is 649 g/mol. The molecular weight excluding hydrogens is 610 g/mol. The molecule has 1 atom stereocenters. The zero-order valence-electron chi connectivity index (χ0n) is 27.7. The summed E-state index contributed by atoms with van der Waals surface area (Å²) in [7, 11) is 7.05. The van der Waals surface area contributed by atoms with Crippen LogP contribution in [0, 0.1) is 5.92 Å². The molecule has 48 heavy (non-hydrogen) atoms. The second-order valence-corrected chi connectivity index (χ2v) is 12.9. The van der Waals surface area contributed by atoms with Crippen molar-refractivity contribution >= 4 is 40.6 Å². The maximum absolute atomic E-state index is 12.8. The number of fused-ring (bicyclic) bond motifs is 3. The van der Waals surface area contributed by atoms with Gasteiger partial charge < -0.3 is 25.8 Å². The summed E-state index contributed by atoms with van der Waals surface area (Å²) in [6, 6.07) is 13.5. The van der Waals surface area contributed by atoms with E-state index in [2.05, 4.69) is 65.7 Å². The normalized spacial score (nSPS) is 17.2. The Labute approximate surface area is 278 Å². The predicted molar refractivity (Wildman–Crippen MR) is 181 cm³/mol. The smallest absolute Gasteiger partial charge is 0.273 e. The molecule has 3 aliphatic rings. The van der Waals surface area contributed by atoms with Gasteiger partial charge in [-0.15, -0.1) is 10.2 Å². The minimum absolute atomic E-state index is 0.00441. The van der Waals surface area contributed by atoms with E-state index in [4.69, 9.17) is 5.10 Å². The van der Waals surface area contributed by atoms with Crippen molar-refractivity contribution < 1.29 is 14.4 Å². The number of carbonyl (C=O) groups is 3. The van der Waals surface area contributed by atoms with Gasteiger partial charge in [-0.3, -0.25) is 24.0 Å². The first kappa shape index (κ1) is 31.2. The van der Waals surface area contributed by atoms with Gasteiger partial charge >= 0.3 is 0 Å². The number of nitrogens with zero attached hydrogens (tertiary/aromatic N) is 8. The minimum Gasteiger partial charge on any atom is -0.364 e. The summed E-state index contributed by atoms with van der Waals surface area (Å²) in [5, 5.41) is 22.0. The molecule has 1 saturated carbocycles. The molecule has 14 heteroatoms. The molecule has 248 valence electrons. The van der Waals surface area contributed by atoms with Gasteiger partial charge in [-0.1, -0.05) is 18.2 Å². The summed E-state index contributed by atoms with van der Waals surface area (Å²) in [6.45, 7) is 4.47. The Balaban J connectivity index is 1.13. The third-order valence-corrected chi connectivity index (χ3v) is 9.30. The summed E-state index contributed by atoms with van der Waals surface area (Å²) in [5.41, 5.74) is 6.86. The highest BCUT2D eigenvalue weighted by Crippen LogP contribution is 2.49. The van der Waals surface area contributed by atoms with Gasteiger partial charge in [0.2, 0.25) is 5.91 Å². The van der Waals surface area contributed by atoms with Gasteiger partial charge in [-0.05, 0) is 38.0 Å². The van der Waals surface area contributed by atoms with Crippen LogP contribution in [0.4, 0.5) is 22.9 Å². The van der Waals surface area contributed by atoms with E-state index in [1.165, 1.54) is 4.90 Å². The molecule has 1 aliphatic carbocycles. The van der Waals surface area contributed by atoms with Gasteiger partial charge in [0.25, 0.3) is 11.8 Å². The molecule has 3 N–H and O–H groups in total. The Morgan fingerprint density at radius 2 is 1.77 bits per heavy atom. The van der Waals surface area contributed by atoms with Gasteiger partial charge in [-0.2, -0.15) is 5.10 Å². The number of amides is 3. The Bertz CT molecular complexity index is 1910. The van der Waals surface area contributed by atoms with Crippen molar-refractivity contribution in [3.05, 3.63) is 71.4 Å². The van der Waals surface area contributed by atoms with Crippen molar-refractivity contribution in [3.8, 4) is 11.1 Å². The molecule has 14 nitrogen and oxygen atoms in total. The van der Waals surface area contributed by atoms with E-state index in [1.807, 2.05) is 30.5 Å². The number of anilines is 4. The Morgan fingerprint density at radius 1 is 1.00 bits per heavy atom. The Hall–Kier alpha value is -5.37. The molecule has 3 amide bonds. The zero-order chi connectivity index (χ0) is 33.7. The van der Waals surface area contributed by atoms with Crippen molar-refractivity contribution in [1.82, 2.24) is 40.1 Å². The maximum Gasteiger partial charge on any atom is 0.273 e. The van der Waals surface area contributed by atoms with Gasteiger partial charge in [0.05, 0.1) is 46.7 Å². The largest absolute Gasteiger partial charge is 0.364 e. The molecule has 0 bridgehead atoms. The van der Waals surface area contributed by atoms with Crippen LogP contribution in [0.25, 0.3) is 11.1 Å². The molecule has 4 aromatic rings. The second kappa shape index (κ2) is 12.3. The molecule has 1 aromatic carbocycles. The quantitative estimate of drug-likeness (QED) is 0.246. The number of carbonyl (C=O) groups excluding carboxylic acids is 3. The van der Waals surface area contributed by atoms with Crippen molar-refractivity contribution in [2.45, 2.75) is 38.4 Å². The summed E-state index contributed by atoms with van der Waals surface area (Å²) in [4.78, 5) is 48.2. The number of para-hydroxylation sites is 1. The van der Waals surface area contributed by atoms with Crippen LogP contribution in [0.2, 0.25) is 0 Å². The van der Waals surface area contributed by atoms with Gasteiger partial charge in [0.1, 0.15) is 5.69 Å². The van der Waals surface area contributed by atoms with Gasteiger partial charge in [0, 0.05) is 70.9 Å². The number of aromatic nitrogens is 5. The van der Waals surface area contributed by atoms with Gasteiger partial charge in [-0.25, -0.2) is 4.98 Å². The van der Waals surface area contributed by atoms with Crippen LogP contribution >= 0.6 is 0 Å². The van der Waals surface area contributed by atoms with E-state index in [0.717, 1.165) is 59.8 Å². The van der Waals surface area contributed by atoms with E-state index in [1.54, 1.807) is 33.3 Å². The second-order valence-electron chi connectivity index (χ2n) is 12.9. The number of nitrogens with one attached hydrogen (secondary N) is 3. The highest BCUT2D eigenvalue weighted by atomic mass is 16.2. The lowest BCUT2D eigenvalue weighted by Crippen LogP contribution is -2.48. The number of rotatable bonds is 9. The third-order valence-electron chi connectivity index (χ3n) is 9.30. The van der Waals surface area contributed by atoms with Crippen LogP contribution in [-0.2, 0) is 11.3 Å². The highest BCUT2D eigenvalue weighted by Gasteiger charge is 2.37. The van der Waals surface area contributed by atoms with E-state index >= 15 is 0 Å². The first-order valence-electron chi connectivity index (χ1n) is 16.1. The van der Waals surface area contributed by atoms with Crippen molar-refractivity contribution in [1.29, 1.82) is 0 Å². The van der Waals surface area contributed by atoms with Crippen LogP contribution in [0.3, 0.4) is 0 Å². The molecular formula is C34H39N11O3. The Morgan fingerprint density at radius 3 is 2.50 bits per heavy atom. The van der Waals surface area contributed by atoms with Crippen molar-refractivity contribution in [2.24, 2.45) is 5.92 Å². The molecule has 0 radical (unpaired) electrons. The number of likely N-dealkylation sites (tertiary alicyclic amines) is 1. The van der Waals surface area contributed by atoms with Crippen LogP contribution in [0.5, 0.6) is 0 Å². The van der Waals surface area contributed by atoms with E-state index in [0.29, 0.717) is 17.9 Å². The lowest BCUT2D eigenvalue weighted by atomic mass is 9.93. The van der Waals surface area contributed by atoms with Crippen molar-refractivity contribution in [2.75, 3.05) is 56.8 Å². The third kappa shape index (κ3) is 5.72. The van der Waals surface area contributed by atoms with Gasteiger partial charge in [0.15, 0.2) is 11.5 Å². The molecule has 0 spiro atoms. The summed E-state index contributed by atoms with van der Waals surface area (Å²) in [5.74, 6) is -0.289. The van der Waals surface area contributed by atoms with E-state index in [9.17, 15) is 14.4 Å². The molecule has 5 heterocycles. The summed E-state index contributed by atoms with van der Waals surface area (Å²) >= 11 is 0. The molecule has 1 saturated heterocycles. The molecule has 3 aromatic heterocycles. The molecule has 1 unspecified atom stereocenters. The zero-order valence-corrected chi connectivity index (χ0v) is 27.7. The number of hydrogen-bond donors (Lipinski definition) is 3. The average Bonchev–Trinajstić information content (AvgIpc) is 3.83. The number of benzene rings is 1. The van der Waals surface area contributed by atoms with E-state index < -0.39 is 0 Å². The number of hydrogen-bond acceptors (Lipinski definition) is 10. The van der Waals surface area contributed by atoms with Crippen LogP contribution in [-0.4, -0.2) is 93.8 Å². The van der Waals surface area contributed by atoms with E-state index in [-0.39, 0.29) is 47.2 Å². The lowest BCUT2D eigenvalue weighted by Gasteiger charge is -2.42.